The molecule has 1 aromatic rings. The molecule has 1 saturated carbocycles. The maximum absolute atomic E-state index is 12.3. The number of carboxylic acids is 1. The number of nitrogens with one attached hydrogen (secondary N) is 1. The number of thiazole rings is 1. The van der Waals surface area contributed by atoms with Crippen LogP contribution in [-0.2, 0) is 9.59 Å². The average molecular weight is 277 g/mol. The second-order valence-corrected chi connectivity index (χ2v) is 5.96. The van der Waals surface area contributed by atoms with E-state index < -0.39 is 17.8 Å². The fraction of sp³-hybridized carbons (Fsp3) is 0.462. The smallest absolute Gasteiger partial charge is 0.230 e. The third-order valence-corrected chi connectivity index (χ3v) is 4.76. The van der Waals surface area contributed by atoms with Gasteiger partial charge in [-0.25, -0.2) is 4.98 Å². The molecule has 5 nitrogen and oxygen atoms in total. The molecule has 1 amide bonds. The van der Waals surface area contributed by atoms with E-state index in [-0.39, 0.29) is 17.7 Å². The first kappa shape index (κ1) is 12.3. The Morgan fingerprint density at radius 3 is 2.63 bits per heavy atom. The monoisotopic (exact) mass is 277 g/mol. The third-order valence-electron chi connectivity index (χ3n) is 3.88. The Hall–Kier alpha value is -1.69. The van der Waals surface area contributed by atoms with Crippen molar-refractivity contribution in [2.45, 2.75) is 13.3 Å². The van der Waals surface area contributed by atoms with Crippen LogP contribution in [0, 0.1) is 30.6 Å². The highest BCUT2D eigenvalue weighted by molar-refractivity contribution is 7.13. The molecule has 19 heavy (non-hydrogen) atoms. The van der Waals surface area contributed by atoms with E-state index in [4.69, 9.17) is 0 Å². The first-order valence-corrected chi connectivity index (χ1v) is 7.06. The summed E-state index contributed by atoms with van der Waals surface area (Å²) in [5.41, 5.74) is 0.838. The van der Waals surface area contributed by atoms with Crippen LogP contribution in [0.1, 0.15) is 12.1 Å². The fourth-order valence-electron chi connectivity index (χ4n) is 3.10. The molecule has 4 atom stereocenters. The fourth-order valence-corrected chi connectivity index (χ4v) is 3.79. The van der Waals surface area contributed by atoms with E-state index in [2.05, 4.69) is 10.3 Å². The van der Waals surface area contributed by atoms with Gasteiger partial charge in [0.25, 0.3) is 0 Å². The average Bonchev–Trinajstić information content (AvgIpc) is 3.03. The summed E-state index contributed by atoms with van der Waals surface area (Å²) in [7, 11) is 0. The van der Waals surface area contributed by atoms with Crippen LogP contribution in [0.15, 0.2) is 17.5 Å². The predicted octanol–water partition coefficient (Wildman–Crippen LogP) is 0.578. The molecular weight excluding hydrogens is 264 g/mol. The molecule has 0 aliphatic heterocycles. The van der Waals surface area contributed by atoms with Gasteiger partial charge in [-0.15, -0.1) is 11.3 Å². The highest BCUT2D eigenvalue weighted by Gasteiger charge is 2.48. The molecule has 4 unspecified atom stereocenters. The normalized spacial score (nSPS) is 31.6. The van der Waals surface area contributed by atoms with Gasteiger partial charge in [0.05, 0.1) is 11.6 Å². The zero-order valence-electron chi connectivity index (χ0n) is 10.3. The molecule has 0 spiro atoms. The van der Waals surface area contributed by atoms with Gasteiger partial charge in [-0.05, 0) is 25.2 Å². The highest BCUT2D eigenvalue weighted by atomic mass is 32.1. The van der Waals surface area contributed by atoms with Crippen LogP contribution in [0.25, 0.3) is 0 Å². The molecule has 1 heterocycles. The van der Waals surface area contributed by atoms with Crippen LogP contribution in [-0.4, -0.2) is 16.9 Å². The van der Waals surface area contributed by atoms with Gasteiger partial charge in [-0.2, -0.15) is 0 Å². The molecule has 2 aliphatic carbocycles. The maximum Gasteiger partial charge on any atom is 0.230 e. The molecule has 1 fully saturated rings. The minimum Gasteiger partial charge on any atom is -0.550 e. The van der Waals surface area contributed by atoms with Crippen molar-refractivity contribution in [1.29, 1.82) is 0 Å². The summed E-state index contributed by atoms with van der Waals surface area (Å²) in [6.07, 6.45) is 4.57. The van der Waals surface area contributed by atoms with Crippen LogP contribution >= 0.6 is 11.3 Å². The van der Waals surface area contributed by atoms with E-state index in [0.717, 1.165) is 12.1 Å². The van der Waals surface area contributed by atoms with Crippen LogP contribution < -0.4 is 10.4 Å². The molecule has 6 heteroatoms. The number of anilines is 1. The van der Waals surface area contributed by atoms with Gasteiger partial charge in [0.1, 0.15) is 0 Å². The van der Waals surface area contributed by atoms with Gasteiger partial charge in [0.2, 0.25) is 5.91 Å². The number of amides is 1. The largest absolute Gasteiger partial charge is 0.550 e. The SMILES string of the molecule is Cc1csc(NC(=O)C2C3C=CC(C3)C2C(=O)[O-])n1. The van der Waals surface area contributed by atoms with Crippen molar-refractivity contribution in [2.24, 2.45) is 23.7 Å². The number of nitrogens with zero attached hydrogens (tertiary/aromatic N) is 1. The van der Waals surface area contributed by atoms with Crippen molar-refractivity contribution in [2.75, 3.05) is 5.32 Å². The van der Waals surface area contributed by atoms with E-state index in [9.17, 15) is 14.7 Å². The minimum absolute atomic E-state index is 0.00830. The molecule has 0 saturated heterocycles. The first-order valence-electron chi connectivity index (χ1n) is 6.18. The number of aliphatic carboxylic acids is 1. The number of hydrogen-bond acceptors (Lipinski definition) is 5. The minimum atomic E-state index is -1.13. The lowest BCUT2D eigenvalue weighted by Crippen LogP contribution is -2.42. The quantitative estimate of drug-likeness (QED) is 0.819. The van der Waals surface area contributed by atoms with Crippen molar-refractivity contribution in [3.63, 3.8) is 0 Å². The van der Waals surface area contributed by atoms with Gasteiger partial charge in [0.15, 0.2) is 5.13 Å². The number of rotatable bonds is 3. The summed E-state index contributed by atoms with van der Waals surface area (Å²) in [5, 5.41) is 16.3. The molecule has 2 aliphatic rings. The topological polar surface area (TPSA) is 82.1 Å². The van der Waals surface area contributed by atoms with Crippen molar-refractivity contribution < 1.29 is 14.7 Å². The Morgan fingerprint density at radius 2 is 2.05 bits per heavy atom. The Kier molecular flexibility index (Phi) is 2.89. The molecule has 2 bridgehead atoms. The van der Waals surface area contributed by atoms with E-state index >= 15 is 0 Å². The van der Waals surface area contributed by atoms with Crippen LogP contribution in [0.3, 0.4) is 0 Å². The Bertz CT molecular complexity index is 566. The first-order chi connectivity index (χ1) is 9.06. The molecular formula is C13H13N2O3S-. The molecule has 1 aromatic heterocycles. The number of carbonyl (C=O) groups is 2. The van der Waals surface area contributed by atoms with E-state index in [1.165, 1.54) is 11.3 Å². The Morgan fingerprint density at radius 1 is 1.37 bits per heavy atom. The van der Waals surface area contributed by atoms with Gasteiger partial charge in [0, 0.05) is 17.3 Å². The summed E-state index contributed by atoms with van der Waals surface area (Å²) in [4.78, 5) is 27.6. The molecule has 100 valence electrons. The van der Waals surface area contributed by atoms with Gasteiger partial charge in [-0.3, -0.25) is 4.79 Å². The number of aromatic nitrogens is 1. The molecule has 0 aromatic carbocycles. The lowest BCUT2D eigenvalue weighted by atomic mass is 9.82. The number of fused-ring (bicyclic) bond motifs is 2. The summed E-state index contributed by atoms with van der Waals surface area (Å²) in [6, 6.07) is 0. The van der Waals surface area contributed by atoms with E-state index in [1.807, 2.05) is 24.5 Å². The van der Waals surface area contributed by atoms with Crippen LogP contribution in [0.5, 0.6) is 0 Å². The third kappa shape index (κ3) is 2.06. The van der Waals surface area contributed by atoms with E-state index in [0.29, 0.717) is 5.13 Å². The molecule has 0 radical (unpaired) electrons. The lowest BCUT2D eigenvalue weighted by Gasteiger charge is -2.27. The second kappa shape index (κ2) is 4.45. The predicted molar refractivity (Wildman–Crippen MR) is 68.2 cm³/mol. The number of allylic oxidation sites excluding steroid dienone is 2. The van der Waals surface area contributed by atoms with Crippen LogP contribution in [0.4, 0.5) is 5.13 Å². The van der Waals surface area contributed by atoms with Crippen LogP contribution in [0.2, 0.25) is 0 Å². The number of carboxylic acid groups (broad SMARTS) is 1. The summed E-state index contributed by atoms with van der Waals surface area (Å²) in [5.74, 6) is -2.70. The maximum atomic E-state index is 12.3. The van der Waals surface area contributed by atoms with Crippen molar-refractivity contribution in [1.82, 2.24) is 4.98 Å². The molecule has 1 N–H and O–H groups in total. The van der Waals surface area contributed by atoms with E-state index in [1.54, 1.807) is 0 Å². The summed E-state index contributed by atoms with van der Waals surface area (Å²) < 4.78 is 0. The highest BCUT2D eigenvalue weighted by Crippen LogP contribution is 2.48. The van der Waals surface area contributed by atoms with Gasteiger partial charge >= 0.3 is 0 Å². The van der Waals surface area contributed by atoms with Gasteiger partial charge < -0.3 is 15.2 Å². The lowest BCUT2D eigenvalue weighted by molar-refractivity contribution is -0.313. The summed E-state index contributed by atoms with van der Waals surface area (Å²) >= 11 is 1.34. The standard InChI is InChI=1S/C13H14N2O3S/c1-6-5-19-13(14-6)15-11(16)9-7-2-3-8(4-7)10(9)12(17)18/h2-3,5,7-10H,4H2,1H3,(H,17,18)(H,14,15,16)/p-1. The summed E-state index contributed by atoms with van der Waals surface area (Å²) in [6.45, 7) is 1.84. The van der Waals surface area contributed by atoms with Gasteiger partial charge in [-0.1, -0.05) is 12.2 Å². The zero-order valence-corrected chi connectivity index (χ0v) is 11.1. The number of carbonyl (C=O) groups excluding carboxylic acids is 2. The number of aryl methyl sites for hydroxylation is 1. The molecule has 3 rings (SSSR count). The Balaban J connectivity index is 1.79. The van der Waals surface area contributed by atoms with Crippen molar-refractivity contribution in [3.8, 4) is 0 Å². The number of hydrogen-bond donors (Lipinski definition) is 1. The zero-order chi connectivity index (χ0) is 13.6. The van der Waals surface area contributed by atoms with Crippen molar-refractivity contribution >= 4 is 28.3 Å². The van der Waals surface area contributed by atoms with Crippen molar-refractivity contribution in [3.05, 3.63) is 23.2 Å². The second-order valence-electron chi connectivity index (χ2n) is 5.10. The Labute approximate surface area is 114 Å².